The topological polar surface area (TPSA) is 168 Å². The highest BCUT2D eigenvalue weighted by Gasteiger charge is 2.34. The van der Waals surface area contributed by atoms with Gasteiger partial charge in [-0.05, 0) is 37.5 Å². The van der Waals surface area contributed by atoms with E-state index < -0.39 is 41.3 Å². The second kappa shape index (κ2) is 13.3. The van der Waals surface area contributed by atoms with Crippen LogP contribution in [0, 0.1) is 5.92 Å². The fourth-order valence-corrected chi connectivity index (χ4v) is 4.44. The standard InChI is InChI=1S/C31H34N6O7/c1-18(2)24(25(39)27-35-36-29(44-27)31(3,4)20-13-10-14-21(15-20)42-5)34-23(38)17-37-26(19-11-8-7-9-12-19)32-16-22(28(37)40)33-30(41)43-6/h7-16,18,24H,17H2,1-6H3,(H,33,41)(H,34,38)/t24-/m0/s1. The molecule has 13 heteroatoms. The molecule has 2 aromatic heterocycles. The van der Waals surface area contributed by atoms with Gasteiger partial charge in [-0.2, -0.15) is 0 Å². The summed E-state index contributed by atoms with van der Waals surface area (Å²) in [4.78, 5) is 56.3. The first kappa shape index (κ1) is 31.6. The number of amides is 2. The second-order valence-electron chi connectivity index (χ2n) is 10.8. The summed E-state index contributed by atoms with van der Waals surface area (Å²) in [6.07, 6.45) is 0.322. The average molecular weight is 603 g/mol. The molecule has 0 radical (unpaired) electrons. The van der Waals surface area contributed by atoms with E-state index in [-0.39, 0.29) is 29.2 Å². The lowest BCUT2D eigenvalue weighted by Gasteiger charge is -2.22. The highest BCUT2D eigenvalue weighted by atomic mass is 16.5. The number of nitrogens with zero attached hydrogens (tertiary/aromatic N) is 4. The molecule has 0 unspecified atom stereocenters. The third-order valence-corrected chi connectivity index (χ3v) is 7.03. The summed E-state index contributed by atoms with van der Waals surface area (Å²) in [7, 11) is 2.73. The summed E-state index contributed by atoms with van der Waals surface area (Å²) >= 11 is 0. The Morgan fingerprint density at radius 3 is 2.41 bits per heavy atom. The van der Waals surface area contributed by atoms with Crippen molar-refractivity contribution in [2.45, 2.75) is 45.7 Å². The van der Waals surface area contributed by atoms with Gasteiger partial charge in [0, 0.05) is 5.56 Å². The van der Waals surface area contributed by atoms with Gasteiger partial charge in [-0.3, -0.25) is 24.3 Å². The fraction of sp³-hybridized carbons (Fsp3) is 0.323. The Morgan fingerprint density at radius 2 is 1.75 bits per heavy atom. The van der Waals surface area contributed by atoms with Crippen molar-refractivity contribution in [1.82, 2.24) is 25.1 Å². The van der Waals surface area contributed by atoms with Gasteiger partial charge < -0.3 is 19.2 Å². The predicted molar refractivity (Wildman–Crippen MR) is 160 cm³/mol. The predicted octanol–water partition coefficient (Wildman–Crippen LogP) is 3.83. The maximum Gasteiger partial charge on any atom is 0.411 e. The fourth-order valence-electron chi connectivity index (χ4n) is 4.44. The molecular formula is C31H34N6O7. The zero-order chi connectivity index (χ0) is 32.0. The van der Waals surface area contributed by atoms with Gasteiger partial charge in [0.2, 0.25) is 17.6 Å². The van der Waals surface area contributed by atoms with Crippen molar-refractivity contribution in [1.29, 1.82) is 0 Å². The van der Waals surface area contributed by atoms with E-state index in [0.717, 1.165) is 17.2 Å². The highest BCUT2D eigenvalue weighted by Crippen LogP contribution is 2.32. The van der Waals surface area contributed by atoms with Crippen LogP contribution in [0.4, 0.5) is 10.5 Å². The summed E-state index contributed by atoms with van der Waals surface area (Å²) in [5, 5.41) is 13.1. The van der Waals surface area contributed by atoms with Gasteiger partial charge in [0.25, 0.3) is 11.4 Å². The van der Waals surface area contributed by atoms with Gasteiger partial charge in [0.15, 0.2) is 0 Å². The number of carbonyl (C=O) groups excluding carboxylic acids is 3. The monoisotopic (exact) mass is 602 g/mol. The Bertz CT molecular complexity index is 1710. The molecule has 44 heavy (non-hydrogen) atoms. The largest absolute Gasteiger partial charge is 0.497 e. The Morgan fingerprint density at radius 1 is 1.02 bits per heavy atom. The molecule has 0 bridgehead atoms. The van der Waals surface area contributed by atoms with E-state index in [0.29, 0.717) is 11.3 Å². The molecule has 2 amide bonds. The summed E-state index contributed by atoms with van der Waals surface area (Å²) in [5.74, 6) is -0.802. The van der Waals surface area contributed by atoms with Crippen LogP contribution in [0.1, 0.15) is 49.8 Å². The normalized spacial score (nSPS) is 12.0. The lowest BCUT2D eigenvalue weighted by atomic mass is 9.84. The molecule has 2 heterocycles. The lowest BCUT2D eigenvalue weighted by molar-refractivity contribution is -0.122. The number of Topliss-reactive ketones (excluding diaryl/α,β-unsaturated/α-hetero) is 1. The molecular weight excluding hydrogens is 568 g/mol. The minimum absolute atomic E-state index is 0.183. The molecule has 13 nitrogen and oxygen atoms in total. The maximum absolute atomic E-state index is 13.5. The third kappa shape index (κ3) is 6.83. The molecule has 0 spiro atoms. The summed E-state index contributed by atoms with van der Waals surface area (Å²) in [6.45, 7) is 6.77. The number of anilines is 1. The Hall–Kier alpha value is -5.33. The Balaban J connectivity index is 1.59. The molecule has 0 saturated heterocycles. The molecule has 0 aliphatic carbocycles. The average Bonchev–Trinajstić information content (AvgIpc) is 3.53. The number of hydrogen-bond donors (Lipinski definition) is 2. The van der Waals surface area contributed by atoms with Crippen molar-refractivity contribution in [3.63, 3.8) is 0 Å². The molecule has 0 aliphatic rings. The quantitative estimate of drug-likeness (QED) is 0.241. The van der Waals surface area contributed by atoms with Gasteiger partial charge in [0.1, 0.15) is 23.8 Å². The maximum atomic E-state index is 13.5. The number of ether oxygens (including phenoxy) is 2. The van der Waals surface area contributed by atoms with E-state index in [9.17, 15) is 19.2 Å². The van der Waals surface area contributed by atoms with Crippen molar-refractivity contribution in [3.8, 4) is 17.1 Å². The minimum Gasteiger partial charge on any atom is -0.497 e. The molecule has 2 aromatic carbocycles. The number of benzene rings is 2. The molecule has 4 rings (SSSR count). The highest BCUT2D eigenvalue weighted by molar-refractivity contribution is 5.98. The molecule has 0 saturated carbocycles. The van der Waals surface area contributed by atoms with Crippen molar-refractivity contribution in [2.24, 2.45) is 5.92 Å². The number of carbonyl (C=O) groups is 3. The van der Waals surface area contributed by atoms with Crippen LogP contribution >= 0.6 is 0 Å². The molecule has 2 N–H and O–H groups in total. The van der Waals surface area contributed by atoms with Crippen LogP contribution in [0.2, 0.25) is 0 Å². The van der Waals surface area contributed by atoms with Crippen LogP contribution in [0.15, 0.2) is 70.0 Å². The second-order valence-corrected chi connectivity index (χ2v) is 10.8. The minimum atomic E-state index is -1.05. The Labute approximate surface area is 253 Å². The van der Waals surface area contributed by atoms with E-state index in [1.807, 2.05) is 38.1 Å². The molecule has 4 aromatic rings. The summed E-state index contributed by atoms with van der Waals surface area (Å²) < 4.78 is 16.9. The smallest absolute Gasteiger partial charge is 0.411 e. The van der Waals surface area contributed by atoms with Crippen molar-refractivity contribution >= 4 is 23.5 Å². The Kier molecular flexibility index (Phi) is 9.57. The first-order chi connectivity index (χ1) is 21.0. The van der Waals surface area contributed by atoms with Gasteiger partial charge >= 0.3 is 6.09 Å². The van der Waals surface area contributed by atoms with E-state index in [2.05, 4.69) is 30.6 Å². The van der Waals surface area contributed by atoms with Gasteiger partial charge in [-0.1, -0.05) is 56.3 Å². The van der Waals surface area contributed by atoms with Crippen LogP contribution < -0.4 is 20.9 Å². The van der Waals surface area contributed by atoms with Crippen LogP contribution in [-0.2, 0) is 21.5 Å². The summed E-state index contributed by atoms with van der Waals surface area (Å²) in [5.41, 5.74) is -0.214. The van der Waals surface area contributed by atoms with E-state index in [1.165, 1.54) is 6.20 Å². The van der Waals surface area contributed by atoms with Crippen LogP contribution in [0.25, 0.3) is 11.4 Å². The summed E-state index contributed by atoms with van der Waals surface area (Å²) in [6, 6.07) is 15.1. The first-order valence-electron chi connectivity index (χ1n) is 13.8. The van der Waals surface area contributed by atoms with Crippen molar-refractivity contribution in [3.05, 3.63) is 88.5 Å². The van der Waals surface area contributed by atoms with Gasteiger partial charge in [0.05, 0.1) is 31.9 Å². The zero-order valence-electron chi connectivity index (χ0n) is 25.3. The van der Waals surface area contributed by atoms with E-state index in [4.69, 9.17) is 9.15 Å². The van der Waals surface area contributed by atoms with Crippen molar-refractivity contribution in [2.75, 3.05) is 19.5 Å². The number of methoxy groups -OCH3 is 2. The number of nitrogens with one attached hydrogen (secondary N) is 2. The lowest BCUT2D eigenvalue weighted by Crippen LogP contribution is -2.46. The number of rotatable bonds is 11. The van der Waals surface area contributed by atoms with E-state index in [1.54, 1.807) is 51.3 Å². The number of ketones is 1. The SMILES string of the molecule is COC(=O)Nc1cnc(-c2ccccc2)n(CC(=O)N[C@H](C(=O)c2nnc(C(C)(C)c3cccc(OC)c3)o2)C(C)C)c1=O. The molecule has 230 valence electrons. The van der Waals surface area contributed by atoms with Crippen LogP contribution in [0.3, 0.4) is 0 Å². The van der Waals surface area contributed by atoms with Crippen LogP contribution in [0.5, 0.6) is 5.75 Å². The third-order valence-electron chi connectivity index (χ3n) is 7.03. The van der Waals surface area contributed by atoms with Gasteiger partial charge in [-0.15, -0.1) is 10.2 Å². The molecule has 0 aliphatic heterocycles. The molecule has 0 fully saturated rings. The number of aromatic nitrogens is 4. The van der Waals surface area contributed by atoms with Gasteiger partial charge in [-0.25, -0.2) is 9.78 Å². The first-order valence-corrected chi connectivity index (χ1v) is 13.8. The number of hydrogen-bond acceptors (Lipinski definition) is 10. The molecule has 1 atom stereocenters. The van der Waals surface area contributed by atoms with Crippen molar-refractivity contribution < 1.29 is 28.3 Å². The van der Waals surface area contributed by atoms with E-state index >= 15 is 0 Å². The van der Waals surface area contributed by atoms with Crippen LogP contribution in [-0.4, -0.2) is 57.8 Å². The zero-order valence-corrected chi connectivity index (χ0v) is 25.3.